The number of H-pyrrole nitrogens is 1. The molecule has 2 aliphatic rings. The highest BCUT2D eigenvalue weighted by Gasteiger charge is 2.29. The minimum atomic E-state index is -0.317. The van der Waals surface area contributed by atoms with Gasteiger partial charge in [0.2, 0.25) is 0 Å². The normalized spacial score (nSPS) is 18.1. The lowest BCUT2D eigenvalue weighted by Gasteiger charge is -2.37. The number of β-amino-alcohol motifs (C(OH)–C–C–N with tert-alkyl or cyclic N) is 1. The molecule has 2 aromatic carbocycles. The SMILES string of the molecule is Cc1ccc(C(C)C)cc1N1CCc2nc(-c3cccc4[nH]cc(C)c34)nc(N3CCCC(O)C3)c2C1. The Morgan fingerprint density at radius 2 is 1.89 bits per heavy atom. The first kappa shape index (κ1) is 24.0. The molecular weight excluding hydrogens is 458 g/mol. The third kappa shape index (κ3) is 4.37. The number of nitrogens with zero attached hydrogens (tertiary/aromatic N) is 4. The maximum absolute atomic E-state index is 10.5. The Labute approximate surface area is 219 Å². The minimum Gasteiger partial charge on any atom is -0.391 e. The van der Waals surface area contributed by atoms with Crippen molar-refractivity contribution < 1.29 is 5.11 Å². The molecule has 6 rings (SSSR count). The van der Waals surface area contributed by atoms with Gasteiger partial charge in [0.05, 0.1) is 11.8 Å². The number of rotatable bonds is 4. The van der Waals surface area contributed by atoms with Crippen LogP contribution >= 0.6 is 0 Å². The summed E-state index contributed by atoms with van der Waals surface area (Å²) in [5, 5.41) is 11.7. The van der Waals surface area contributed by atoms with Crippen LogP contribution in [0.3, 0.4) is 0 Å². The van der Waals surface area contributed by atoms with E-state index in [0.717, 1.165) is 67.3 Å². The molecule has 0 amide bonds. The largest absolute Gasteiger partial charge is 0.391 e. The van der Waals surface area contributed by atoms with Gasteiger partial charge < -0.3 is 19.9 Å². The third-order valence-electron chi connectivity index (χ3n) is 8.12. The Kier molecular flexibility index (Phi) is 6.15. The first-order valence-electron chi connectivity index (χ1n) is 13.6. The van der Waals surface area contributed by atoms with Crippen molar-refractivity contribution in [2.24, 2.45) is 0 Å². The number of aromatic amines is 1. The van der Waals surface area contributed by atoms with Crippen LogP contribution in [-0.4, -0.2) is 45.8 Å². The summed E-state index contributed by atoms with van der Waals surface area (Å²) < 4.78 is 0. The van der Waals surface area contributed by atoms with Crippen molar-refractivity contribution in [1.82, 2.24) is 15.0 Å². The van der Waals surface area contributed by atoms with Crippen LogP contribution in [0, 0.1) is 13.8 Å². The monoisotopic (exact) mass is 495 g/mol. The fourth-order valence-corrected chi connectivity index (χ4v) is 6.00. The van der Waals surface area contributed by atoms with E-state index in [-0.39, 0.29) is 6.10 Å². The summed E-state index contributed by atoms with van der Waals surface area (Å²) in [7, 11) is 0. The fourth-order valence-electron chi connectivity index (χ4n) is 6.00. The Morgan fingerprint density at radius 1 is 1.03 bits per heavy atom. The third-order valence-corrected chi connectivity index (χ3v) is 8.12. The first-order valence-corrected chi connectivity index (χ1v) is 13.6. The molecule has 37 heavy (non-hydrogen) atoms. The van der Waals surface area contributed by atoms with Crippen LogP contribution in [0.1, 0.15) is 60.6 Å². The number of nitrogens with one attached hydrogen (secondary N) is 1. The van der Waals surface area contributed by atoms with Crippen molar-refractivity contribution in [2.75, 3.05) is 29.4 Å². The molecule has 4 aromatic rings. The molecule has 0 spiro atoms. The number of aliphatic hydroxyl groups excluding tert-OH is 1. The van der Waals surface area contributed by atoms with Gasteiger partial charge in [0.25, 0.3) is 0 Å². The van der Waals surface area contributed by atoms with Gasteiger partial charge in [-0.25, -0.2) is 9.97 Å². The Balaban J connectivity index is 1.47. The van der Waals surface area contributed by atoms with E-state index in [9.17, 15) is 5.11 Å². The van der Waals surface area contributed by atoms with E-state index in [0.29, 0.717) is 12.5 Å². The van der Waals surface area contributed by atoms with Gasteiger partial charge in [-0.15, -0.1) is 0 Å². The van der Waals surface area contributed by atoms with Gasteiger partial charge in [-0.3, -0.25) is 0 Å². The molecule has 2 aliphatic heterocycles. The summed E-state index contributed by atoms with van der Waals surface area (Å²) in [6.07, 6.45) is 4.44. The van der Waals surface area contributed by atoms with Gasteiger partial charge in [0.1, 0.15) is 5.82 Å². The average Bonchev–Trinajstić information content (AvgIpc) is 3.29. The van der Waals surface area contributed by atoms with Crippen LogP contribution in [0.15, 0.2) is 42.6 Å². The highest BCUT2D eigenvalue weighted by Crippen LogP contribution is 2.36. The minimum absolute atomic E-state index is 0.317. The standard InChI is InChI=1S/C31H37N5O/c1-19(2)22-11-10-20(3)28(15-22)35-14-12-26-25(18-35)31(36-13-6-7-23(37)17-36)34-30(33-26)24-8-5-9-27-29(24)21(4)16-32-27/h5,8-11,15-16,19,23,32,37H,6-7,12-14,17-18H2,1-4H3. The molecule has 1 fully saturated rings. The molecule has 1 unspecified atom stereocenters. The lowest BCUT2D eigenvalue weighted by atomic mass is 9.97. The van der Waals surface area contributed by atoms with Crippen LogP contribution in [-0.2, 0) is 13.0 Å². The molecule has 6 heteroatoms. The second kappa shape index (κ2) is 9.49. The summed E-state index contributed by atoms with van der Waals surface area (Å²) in [6, 6.07) is 13.2. The zero-order valence-electron chi connectivity index (χ0n) is 22.4. The van der Waals surface area contributed by atoms with Crippen LogP contribution < -0.4 is 9.80 Å². The molecule has 2 aromatic heterocycles. The number of benzene rings is 2. The van der Waals surface area contributed by atoms with Crippen molar-refractivity contribution in [3.63, 3.8) is 0 Å². The molecule has 2 N–H and O–H groups in total. The number of fused-ring (bicyclic) bond motifs is 2. The first-order chi connectivity index (χ1) is 17.9. The molecule has 0 radical (unpaired) electrons. The molecule has 192 valence electrons. The molecule has 0 bridgehead atoms. The Bertz CT molecular complexity index is 1460. The van der Waals surface area contributed by atoms with Gasteiger partial charge in [0, 0.05) is 66.5 Å². The number of piperidine rings is 1. The summed E-state index contributed by atoms with van der Waals surface area (Å²) in [5.74, 6) is 2.27. The molecule has 1 saturated heterocycles. The number of hydrogen-bond donors (Lipinski definition) is 2. The van der Waals surface area contributed by atoms with Gasteiger partial charge >= 0.3 is 0 Å². The number of aliphatic hydroxyl groups is 1. The van der Waals surface area contributed by atoms with E-state index in [1.165, 1.54) is 33.3 Å². The number of aryl methyl sites for hydroxylation is 2. The van der Waals surface area contributed by atoms with Crippen molar-refractivity contribution >= 4 is 22.4 Å². The number of hydrogen-bond acceptors (Lipinski definition) is 5. The van der Waals surface area contributed by atoms with Crippen molar-refractivity contribution in [2.45, 2.75) is 65.5 Å². The highest BCUT2D eigenvalue weighted by molar-refractivity contribution is 5.96. The van der Waals surface area contributed by atoms with Crippen LogP contribution in [0.5, 0.6) is 0 Å². The Morgan fingerprint density at radius 3 is 2.70 bits per heavy atom. The number of aromatic nitrogens is 3. The average molecular weight is 496 g/mol. The topological polar surface area (TPSA) is 68.3 Å². The lowest BCUT2D eigenvalue weighted by Crippen LogP contribution is -2.41. The van der Waals surface area contributed by atoms with Crippen molar-refractivity contribution in [3.8, 4) is 11.4 Å². The van der Waals surface area contributed by atoms with Crippen LogP contribution in [0.2, 0.25) is 0 Å². The van der Waals surface area contributed by atoms with E-state index in [4.69, 9.17) is 9.97 Å². The summed E-state index contributed by atoms with van der Waals surface area (Å²) in [6.45, 7) is 12.1. The van der Waals surface area contributed by atoms with Crippen LogP contribution in [0.4, 0.5) is 11.5 Å². The van der Waals surface area contributed by atoms with E-state index in [1.807, 2.05) is 0 Å². The smallest absolute Gasteiger partial charge is 0.162 e. The summed E-state index contributed by atoms with van der Waals surface area (Å²) in [5.41, 5.74) is 9.70. The van der Waals surface area contributed by atoms with Crippen LogP contribution in [0.25, 0.3) is 22.3 Å². The molecular formula is C31H37N5O. The Hall–Kier alpha value is -3.38. The zero-order chi connectivity index (χ0) is 25.7. The quantitative estimate of drug-likeness (QED) is 0.370. The van der Waals surface area contributed by atoms with E-state index in [2.05, 4.69) is 85.1 Å². The van der Waals surface area contributed by atoms with Gasteiger partial charge in [0.15, 0.2) is 5.82 Å². The lowest BCUT2D eigenvalue weighted by molar-refractivity contribution is 0.153. The van der Waals surface area contributed by atoms with E-state index < -0.39 is 0 Å². The predicted octanol–water partition coefficient (Wildman–Crippen LogP) is 5.89. The molecule has 6 nitrogen and oxygen atoms in total. The number of anilines is 2. The molecule has 4 heterocycles. The van der Waals surface area contributed by atoms with Crippen molar-refractivity contribution in [3.05, 3.63) is 70.5 Å². The maximum Gasteiger partial charge on any atom is 0.162 e. The highest BCUT2D eigenvalue weighted by atomic mass is 16.3. The second-order valence-electron chi connectivity index (χ2n) is 11.1. The van der Waals surface area contributed by atoms with Gasteiger partial charge in [-0.1, -0.05) is 38.1 Å². The van der Waals surface area contributed by atoms with E-state index in [1.54, 1.807) is 0 Å². The molecule has 1 atom stereocenters. The van der Waals surface area contributed by atoms with Gasteiger partial charge in [-0.2, -0.15) is 0 Å². The van der Waals surface area contributed by atoms with Crippen molar-refractivity contribution in [1.29, 1.82) is 0 Å². The fraction of sp³-hybridized carbons (Fsp3) is 0.419. The molecule has 0 saturated carbocycles. The zero-order valence-corrected chi connectivity index (χ0v) is 22.4. The second-order valence-corrected chi connectivity index (χ2v) is 11.1. The molecule has 0 aliphatic carbocycles. The van der Waals surface area contributed by atoms with E-state index >= 15 is 0 Å². The predicted molar refractivity (Wildman–Crippen MR) is 152 cm³/mol. The van der Waals surface area contributed by atoms with Gasteiger partial charge in [-0.05, 0) is 61.4 Å². The summed E-state index contributed by atoms with van der Waals surface area (Å²) >= 11 is 0. The summed E-state index contributed by atoms with van der Waals surface area (Å²) in [4.78, 5) is 18.6. The maximum atomic E-state index is 10.5.